The van der Waals surface area contributed by atoms with E-state index in [9.17, 15) is 0 Å². The van der Waals surface area contributed by atoms with Crippen molar-refractivity contribution in [2.45, 2.75) is 12.8 Å². The highest BCUT2D eigenvalue weighted by Crippen LogP contribution is 2.11. The molecule has 4 nitrogen and oxygen atoms in total. The first-order valence-corrected chi connectivity index (χ1v) is 6.94. The molecule has 4 heteroatoms. The van der Waals surface area contributed by atoms with Crippen molar-refractivity contribution < 1.29 is 4.74 Å². The first-order chi connectivity index (χ1) is 9.38. The van der Waals surface area contributed by atoms with Crippen LogP contribution in [0.5, 0.6) is 5.75 Å². The van der Waals surface area contributed by atoms with Gasteiger partial charge in [0.15, 0.2) is 0 Å². The Hall–Kier alpha value is -1.57. The summed E-state index contributed by atoms with van der Waals surface area (Å²) in [5, 5.41) is 12.1. The Morgan fingerprint density at radius 1 is 1.21 bits per heavy atom. The highest BCUT2D eigenvalue weighted by Gasteiger charge is 2.07. The van der Waals surface area contributed by atoms with Crippen LogP contribution in [0.25, 0.3) is 0 Å². The van der Waals surface area contributed by atoms with Crippen LogP contribution in [0.15, 0.2) is 24.3 Å². The molecule has 1 fully saturated rings. The van der Waals surface area contributed by atoms with Crippen molar-refractivity contribution in [1.82, 2.24) is 10.2 Å². The van der Waals surface area contributed by atoms with Crippen LogP contribution in [0.3, 0.4) is 0 Å². The average Bonchev–Trinajstić information content (AvgIpc) is 2.73. The molecule has 0 bridgehead atoms. The minimum atomic E-state index is 0.671. The molecule has 0 radical (unpaired) electrons. The number of nitriles is 1. The van der Waals surface area contributed by atoms with Gasteiger partial charge in [-0.15, -0.1) is 0 Å². The lowest BCUT2D eigenvalue weighted by Crippen LogP contribution is -2.29. The van der Waals surface area contributed by atoms with Gasteiger partial charge < -0.3 is 15.0 Å². The zero-order chi connectivity index (χ0) is 13.3. The predicted molar refractivity (Wildman–Crippen MR) is 75.2 cm³/mol. The second kappa shape index (κ2) is 7.78. The number of hydrogen-bond donors (Lipinski definition) is 1. The topological polar surface area (TPSA) is 48.3 Å². The second-order valence-electron chi connectivity index (χ2n) is 4.78. The number of ether oxygens (including phenoxy) is 1. The van der Waals surface area contributed by atoms with Gasteiger partial charge in [0.05, 0.1) is 18.2 Å². The summed E-state index contributed by atoms with van der Waals surface area (Å²) in [6.45, 7) is 6.38. The minimum absolute atomic E-state index is 0.671. The Morgan fingerprint density at radius 3 is 2.84 bits per heavy atom. The van der Waals surface area contributed by atoms with Gasteiger partial charge in [0.25, 0.3) is 0 Å². The van der Waals surface area contributed by atoms with Crippen LogP contribution in [0.2, 0.25) is 0 Å². The molecule has 0 aromatic heterocycles. The average molecular weight is 259 g/mol. The zero-order valence-electron chi connectivity index (χ0n) is 11.3. The van der Waals surface area contributed by atoms with Crippen molar-refractivity contribution in [3.63, 3.8) is 0 Å². The van der Waals surface area contributed by atoms with E-state index in [0.29, 0.717) is 5.56 Å². The van der Waals surface area contributed by atoms with E-state index in [1.165, 1.54) is 13.0 Å². The van der Waals surface area contributed by atoms with E-state index in [-0.39, 0.29) is 0 Å². The molecule has 19 heavy (non-hydrogen) atoms. The molecule has 102 valence electrons. The first-order valence-electron chi connectivity index (χ1n) is 6.94. The maximum atomic E-state index is 8.71. The van der Waals surface area contributed by atoms with E-state index in [0.717, 1.165) is 45.0 Å². The number of benzene rings is 1. The lowest BCUT2D eigenvalue weighted by molar-refractivity contribution is 0.244. The van der Waals surface area contributed by atoms with Crippen molar-refractivity contribution in [3.05, 3.63) is 29.8 Å². The third-order valence-corrected chi connectivity index (χ3v) is 3.30. The third-order valence-electron chi connectivity index (χ3n) is 3.30. The van der Waals surface area contributed by atoms with Crippen molar-refractivity contribution in [1.29, 1.82) is 5.26 Å². The van der Waals surface area contributed by atoms with E-state index in [1.54, 1.807) is 12.1 Å². The smallest absolute Gasteiger partial charge is 0.119 e. The zero-order valence-corrected chi connectivity index (χ0v) is 11.3. The van der Waals surface area contributed by atoms with Gasteiger partial charge in [-0.2, -0.15) is 5.26 Å². The van der Waals surface area contributed by atoms with Crippen LogP contribution in [-0.4, -0.2) is 44.2 Å². The van der Waals surface area contributed by atoms with E-state index in [4.69, 9.17) is 10.00 Å². The molecule has 0 unspecified atom stereocenters. The molecule has 2 rings (SSSR count). The highest BCUT2D eigenvalue weighted by molar-refractivity contribution is 5.34. The lowest BCUT2D eigenvalue weighted by atomic mass is 10.2. The van der Waals surface area contributed by atoms with Gasteiger partial charge in [0.1, 0.15) is 5.75 Å². The standard InChI is InChI=1S/C15H21N3O/c16-13-14-3-5-15(6-4-14)19-12-2-10-18-9-1-7-17-8-11-18/h3-6,17H,1-2,7-12H2. The summed E-state index contributed by atoms with van der Waals surface area (Å²) < 4.78 is 5.68. The van der Waals surface area contributed by atoms with Gasteiger partial charge in [-0.25, -0.2) is 0 Å². The summed E-state index contributed by atoms with van der Waals surface area (Å²) in [7, 11) is 0. The number of nitrogens with one attached hydrogen (secondary N) is 1. The Bertz CT molecular complexity index is 402. The number of hydrogen-bond acceptors (Lipinski definition) is 4. The van der Waals surface area contributed by atoms with Gasteiger partial charge in [0, 0.05) is 19.6 Å². The quantitative estimate of drug-likeness (QED) is 0.816. The molecule has 1 aromatic carbocycles. The van der Waals surface area contributed by atoms with E-state index >= 15 is 0 Å². The summed E-state index contributed by atoms with van der Waals surface area (Å²) in [5.74, 6) is 0.844. The third kappa shape index (κ3) is 4.90. The van der Waals surface area contributed by atoms with Crippen molar-refractivity contribution in [2.24, 2.45) is 0 Å². The van der Waals surface area contributed by atoms with Gasteiger partial charge in [-0.1, -0.05) is 0 Å². The van der Waals surface area contributed by atoms with Gasteiger partial charge >= 0.3 is 0 Å². The summed E-state index contributed by atoms with van der Waals surface area (Å²) in [4.78, 5) is 2.49. The van der Waals surface area contributed by atoms with Crippen molar-refractivity contribution >= 4 is 0 Å². The van der Waals surface area contributed by atoms with Crippen LogP contribution in [-0.2, 0) is 0 Å². The molecule has 1 aliphatic heterocycles. The van der Waals surface area contributed by atoms with Crippen LogP contribution >= 0.6 is 0 Å². The van der Waals surface area contributed by atoms with E-state index in [2.05, 4.69) is 16.3 Å². The highest BCUT2D eigenvalue weighted by atomic mass is 16.5. The molecule has 0 amide bonds. The predicted octanol–water partition coefficient (Wildman–Crippen LogP) is 1.62. The van der Waals surface area contributed by atoms with Crippen LogP contribution in [0.1, 0.15) is 18.4 Å². The molecular formula is C15H21N3O. The van der Waals surface area contributed by atoms with Crippen LogP contribution in [0, 0.1) is 11.3 Å². The van der Waals surface area contributed by atoms with E-state index in [1.807, 2.05) is 12.1 Å². The molecular weight excluding hydrogens is 238 g/mol. The summed E-state index contributed by atoms with van der Waals surface area (Å²) >= 11 is 0. The van der Waals surface area contributed by atoms with Crippen LogP contribution < -0.4 is 10.1 Å². The van der Waals surface area contributed by atoms with Gasteiger partial charge in [-0.3, -0.25) is 0 Å². The monoisotopic (exact) mass is 259 g/mol. The Labute approximate surface area is 115 Å². The fourth-order valence-corrected chi connectivity index (χ4v) is 2.23. The Kier molecular flexibility index (Phi) is 5.67. The molecule has 1 N–H and O–H groups in total. The summed E-state index contributed by atoms with van der Waals surface area (Å²) in [5.41, 5.74) is 0.671. The normalized spacial score (nSPS) is 16.6. The lowest BCUT2D eigenvalue weighted by Gasteiger charge is -2.19. The molecule has 0 atom stereocenters. The minimum Gasteiger partial charge on any atom is -0.494 e. The van der Waals surface area contributed by atoms with Crippen molar-refractivity contribution in [2.75, 3.05) is 39.3 Å². The summed E-state index contributed by atoms with van der Waals surface area (Å²) in [6, 6.07) is 9.39. The first kappa shape index (κ1) is 13.9. The van der Waals surface area contributed by atoms with E-state index < -0.39 is 0 Å². The fraction of sp³-hybridized carbons (Fsp3) is 0.533. The van der Waals surface area contributed by atoms with Gasteiger partial charge in [-0.05, 0) is 50.2 Å². The van der Waals surface area contributed by atoms with Gasteiger partial charge in [0.2, 0.25) is 0 Å². The molecule has 1 saturated heterocycles. The second-order valence-corrected chi connectivity index (χ2v) is 4.78. The number of nitrogens with zero attached hydrogens (tertiary/aromatic N) is 2. The molecule has 1 aromatic rings. The number of rotatable bonds is 5. The van der Waals surface area contributed by atoms with Crippen molar-refractivity contribution in [3.8, 4) is 11.8 Å². The molecule has 0 spiro atoms. The molecule has 0 saturated carbocycles. The summed E-state index contributed by atoms with van der Waals surface area (Å²) in [6.07, 6.45) is 2.27. The maximum absolute atomic E-state index is 8.71. The SMILES string of the molecule is N#Cc1ccc(OCCCN2CCCNCC2)cc1. The maximum Gasteiger partial charge on any atom is 0.119 e. The Balaban J connectivity index is 1.64. The molecule has 1 aliphatic rings. The van der Waals surface area contributed by atoms with Crippen LogP contribution in [0.4, 0.5) is 0 Å². The molecule has 1 heterocycles. The molecule has 0 aliphatic carbocycles. The largest absolute Gasteiger partial charge is 0.494 e. The fourth-order valence-electron chi connectivity index (χ4n) is 2.23. The Morgan fingerprint density at radius 2 is 2.05 bits per heavy atom.